The number of halogens is 1. The van der Waals surface area contributed by atoms with E-state index in [1.165, 1.54) is 7.11 Å². The highest BCUT2D eigenvalue weighted by Crippen LogP contribution is 2.37. The van der Waals surface area contributed by atoms with Crippen LogP contribution in [0.25, 0.3) is 0 Å². The summed E-state index contributed by atoms with van der Waals surface area (Å²) in [5, 5.41) is 2.95. The van der Waals surface area contributed by atoms with Gasteiger partial charge in [0.2, 0.25) is 0 Å². The molecule has 1 aromatic carbocycles. The van der Waals surface area contributed by atoms with Gasteiger partial charge in [-0.1, -0.05) is 28.1 Å². The van der Waals surface area contributed by atoms with E-state index in [-0.39, 0.29) is 6.61 Å². The molecule has 0 radical (unpaired) electrons. The summed E-state index contributed by atoms with van der Waals surface area (Å²) in [6.45, 7) is 3.79. The summed E-state index contributed by atoms with van der Waals surface area (Å²) in [5.74, 6) is -1.46. The van der Waals surface area contributed by atoms with E-state index in [1.807, 2.05) is 24.3 Å². The van der Waals surface area contributed by atoms with Crippen molar-refractivity contribution in [3.05, 3.63) is 57.3 Å². The molecule has 1 heterocycles. The van der Waals surface area contributed by atoms with Gasteiger partial charge in [-0.25, -0.2) is 9.59 Å². The number of carbonyl (C=O) groups is 2. The number of hydrogen-bond acceptors (Lipinski definition) is 5. The molecule has 0 bridgehead atoms. The molecule has 1 unspecified atom stereocenters. The Morgan fingerprint density at radius 1 is 1.22 bits per heavy atom. The first-order valence-corrected chi connectivity index (χ1v) is 7.97. The third-order valence-electron chi connectivity index (χ3n) is 3.57. The first-order chi connectivity index (χ1) is 11.0. The van der Waals surface area contributed by atoms with Crippen LogP contribution >= 0.6 is 15.9 Å². The summed E-state index contributed by atoms with van der Waals surface area (Å²) >= 11 is 3.39. The summed E-state index contributed by atoms with van der Waals surface area (Å²) in [5.41, 5.74) is 2.25. The van der Waals surface area contributed by atoms with E-state index in [9.17, 15) is 9.59 Å². The van der Waals surface area contributed by atoms with Gasteiger partial charge in [0.05, 0.1) is 30.8 Å². The summed E-state index contributed by atoms with van der Waals surface area (Å²) in [4.78, 5) is 24.5. The predicted molar refractivity (Wildman–Crippen MR) is 89.5 cm³/mol. The number of carbonyl (C=O) groups excluding carboxylic acids is 2. The maximum atomic E-state index is 12.4. The third-order valence-corrected chi connectivity index (χ3v) is 4.10. The van der Waals surface area contributed by atoms with E-state index in [0.29, 0.717) is 16.8 Å². The SMILES string of the molecule is CCOC(=O)C1=C(C)NC=C(C(=O)OC)C1c1ccc(Br)cc1. The van der Waals surface area contributed by atoms with Crippen molar-refractivity contribution in [2.24, 2.45) is 0 Å². The molecule has 0 amide bonds. The van der Waals surface area contributed by atoms with Crippen LogP contribution in [0, 0.1) is 0 Å². The Labute approximate surface area is 143 Å². The highest BCUT2D eigenvalue weighted by atomic mass is 79.9. The van der Waals surface area contributed by atoms with E-state index < -0.39 is 17.9 Å². The number of hydrogen-bond donors (Lipinski definition) is 1. The molecule has 0 saturated carbocycles. The Morgan fingerprint density at radius 3 is 2.43 bits per heavy atom. The zero-order valence-electron chi connectivity index (χ0n) is 13.2. The van der Waals surface area contributed by atoms with Gasteiger partial charge >= 0.3 is 11.9 Å². The first kappa shape index (κ1) is 17.3. The minimum absolute atomic E-state index is 0.264. The van der Waals surface area contributed by atoms with Crippen LogP contribution in [0.2, 0.25) is 0 Å². The topological polar surface area (TPSA) is 64.6 Å². The second-order valence-electron chi connectivity index (χ2n) is 4.98. The molecule has 122 valence electrons. The Kier molecular flexibility index (Phi) is 5.60. The Hall–Kier alpha value is -2.08. The van der Waals surface area contributed by atoms with Crippen molar-refractivity contribution in [1.29, 1.82) is 0 Å². The van der Waals surface area contributed by atoms with Gasteiger partial charge in [-0.05, 0) is 31.5 Å². The van der Waals surface area contributed by atoms with Crippen molar-refractivity contribution >= 4 is 27.9 Å². The zero-order chi connectivity index (χ0) is 17.0. The number of benzene rings is 1. The van der Waals surface area contributed by atoms with Crippen LogP contribution in [-0.4, -0.2) is 25.7 Å². The normalized spacial score (nSPS) is 17.2. The smallest absolute Gasteiger partial charge is 0.336 e. The molecular weight excluding hydrogens is 362 g/mol. The van der Waals surface area contributed by atoms with Gasteiger partial charge in [0, 0.05) is 16.4 Å². The number of ether oxygens (including phenoxy) is 2. The number of esters is 2. The Morgan fingerprint density at radius 2 is 1.87 bits per heavy atom. The van der Waals surface area contributed by atoms with Crippen LogP contribution in [0.4, 0.5) is 0 Å². The van der Waals surface area contributed by atoms with Crippen LogP contribution < -0.4 is 5.32 Å². The highest BCUT2D eigenvalue weighted by molar-refractivity contribution is 9.10. The van der Waals surface area contributed by atoms with Crippen LogP contribution in [0.3, 0.4) is 0 Å². The second-order valence-corrected chi connectivity index (χ2v) is 5.89. The third kappa shape index (κ3) is 3.64. The molecular formula is C17H18BrNO4. The molecule has 1 atom stereocenters. The van der Waals surface area contributed by atoms with Crippen LogP contribution in [-0.2, 0) is 19.1 Å². The van der Waals surface area contributed by atoms with Crippen molar-refractivity contribution in [3.63, 3.8) is 0 Å². The first-order valence-electron chi connectivity index (χ1n) is 7.17. The molecule has 0 fully saturated rings. The van der Waals surface area contributed by atoms with E-state index in [1.54, 1.807) is 20.0 Å². The average molecular weight is 380 g/mol. The van der Waals surface area contributed by atoms with Gasteiger partial charge in [0.15, 0.2) is 0 Å². The molecule has 1 aromatic rings. The van der Waals surface area contributed by atoms with Crippen LogP contribution in [0.5, 0.6) is 0 Å². The number of rotatable bonds is 4. The quantitative estimate of drug-likeness (QED) is 0.814. The molecule has 0 spiro atoms. The molecule has 0 aliphatic carbocycles. The van der Waals surface area contributed by atoms with Gasteiger partial charge in [0.1, 0.15) is 0 Å². The molecule has 23 heavy (non-hydrogen) atoms. The van der Waals surface area contributed by atoms with E-state index in [0.717, 1.165) is 10.0 Å². The lowest BCUT2D eigenvalue weighted by Gasteiger charge is -2.27. The molecule has 1 aliphatic heterocycles. The summed E-state index contributed by atoms with van der Waals surface area (Å²) in [6, 6.07) is 7.46. The fourth-order valence-corrected chi connectivity index (χ4v) is 2.76. The monoisotopic (exact) mass is 379 g/mol. The maximum absolute atomic E-state index is 12.4. The highest BCUT2D eigenvalue weighted by Gasteiger charge is 2.35. The lowest BCUT2D eigenvalue weighted by Crippen LogP contribution is -2.29. The van der Waals surface area contributed by atoms with E-state index in [4.69, 9.17) is 9.47 Å². The standard InChI is InChI=1S/C17H18BrNO4/c1-4-23-17(21)14-10(2)19-9-13(16(20)22-3)15(14)11-5-7-12(18)8-6-11/h5-9,15,19H,4H2,1-3H3. The fourth-order valence-electron chi connectivity index (χ4n) is 2.49. The predicted octanol–water partition coefficient (Wildman–Crippen LogP) is 3.03. The largest absolute Gasteiger partial charge is 0.466 e. The molecule has 1 N–H and O–H groups in total. The van der Waals surface area contributed by atoms with Gasteiger partial charge in [-0.2, -0.15) is 0 Å². The van der Waals surface area contributed by atoms with Crippen LogP contribution in [0.15, 0.2) is 51.8 Å². The maximum Gasteiger partial charge on any atom is 0.336 e. The Balaban J connectivity index is 2.55. The summed E-state index contributed by atoms with van der Waals surface area (Å²) in [7, 11) is 1.32. The molecule has 0 saturated heterocycles. The molecule has 1 aliphatic rings. The average Bonchev–Trinajstić information content (AvgIpc) is 2.54. The molecule has 6 heteroatoms. The van der Waals surface area contributed by atoms with Crippen LogP contribution in [0.1, 0.15) is 25.3 Å². The minimum atomic E-state index is -0.532. The second kappa shape index (κ2) is 7.46. The van der Waals surface area contributed by atoms with Crippen molar-refractivity contribution in [2.45, 2.75) is 19.8 Å². The van der Waals surface area contributed by atoms with Gasteiger partial charge in [-0.15, -0.1) is 0 Å². The Bertz CT molecular complexity index is 676. The number of dihydropyridines is 1. The number of methoxy groups -OCH3 is 1. The van der Waals surface area contributed by atoms with E-state index in [2.05, 4.69) is 21.2 Å². The van der Waals surface area contributed by atoms with Gasteiger partial charge in [-0.3, -0.25) is 0 Å². The fraction of sp³-hybridized carbons (Fsp3) is 0.294. The van der Waals surface area contributed by atoms with Gasteiger partial charge < -0.3 is 14.8 Å². The number of nitrogens with one attached hydrogen (secondary N) is 1. The van der Waals surface area contributed by atoms with Crippen molar-refractivity contribution < 1.29 is 19.1 Å². The zero-order valence-corrected chi connectivity index (χ0v) is 14.8. The molecule has 2 rings (SSSR count). The molecule has 0 aromatic heterocycles. The lowest BCUT2D eigenvalue weighted by atomic mass is 9.82. The van der Waals surface area contributed by atoms with Gasteiger partial charge in [0.25, 0.3) is 0 Å². The summed E-state index contributed by atoms with van der Waals surface area (Å²) in [6.07, 6.45) is 1.58. The van der Waals surface area contributed by atoms with Crippen molar-refractivity contribution in [3.8, 4) is 0 Å². The van der Waals surface area contributed by atoms with E-state index >= 15 is 0 Å². The number of allylic oxidation sites excluding steroid dienone is 1. The lowest BCUT2D eigenvalue weighted by molar-refractivity contribution is -0.139. The molecule has 5 nitrogen and oxygen atoms in total. The summed E-state index contributed by atoms with van der Waals surface area (Å²) < 4.78 is 10.9. The minimum Gasteiger partial charge on any atom is -0.466 e. The van der Waals surface area contributed by atoms with Crippen molar-refractivity contribution in [2.75, 3.05) is 13.7 Å². The van der Waals surface area contributed by atoms with Crippen molar-refractivity contribution in [1.82, 2.24) is 5.32 Å².